The molecule has 1 aliphatic carbocycles. The predicted molar refractivity (Wildman–Crippen MR) is 109 cm³/mol. The average molecular weight is 410 g/mol. The van der Waals surface area contributed by atoms with Crippen molar-refractivity contribution in [3.63, 3.8) is 0 Å². The largest absolute Gasteiger partial charge is 0.480 e. The number of carbonyl (C=O) groups excluding carboxylic acids is 2. The minimum absolute atomic E-state index is 0.0126. The van der Waals surface area contributed by atoms with E-state index >= 15 is 0 Å². The smallest absolute Gasteiger partial charge is 0.324 e. The highest BCUT2D eigenvalue weighted by molar-refractivity contribution is 6.44. The number of nitrogens with two attached hydrogens (primary N) is 1. The van der Waals surface area contributed by atoms with Crippen LogP contribution in [0.1, 0.15) is 47.5 Å². The number of anilines is 1. The fourth-order valence-electron chi connectivity index (χ4n) is 4.98. The lowest BCUT2D eigenvalue weighted by Gasteiger charge is -2.44. The number of rotatable bonds is 6. The number of Topliss-reactive ketones (excluding diaryl/α,β-unsaturated/α-hetero) is 2. The molecule has 0 saturated heterocycles. The van der Waals surface area contributed by atoms with Gasteiger partial charge in [0.1, 0.15) is 11.4 Å². The third kappa shape index (κ3) is 3.39. The van der Waals surface area contributed by atoms with Crippen LogP contribution in [0.4, 0.5) is 10.1 Å². The van der Waals surface area contributed by atoms with Crippen molar-refractivity contribution in [3.05, 3.63) is 65.5 Å². The van der Waals surface area contributed by atoms with Crippen molar-refractivity contribution in [2.75, 3.05) is 5.32 Å². The first-order chi connectivity index (χ1) is 14.3. The molecule has 0 bridgehead atoms. The number of benzene rings is 2. The predicted octanol–water partition coefficient (Wildman–Crippen LogP) is 3.13. The molecule has 1 aliphatic heterocycles. The summed E-state index contributed by atoms with van der Waals surface area (Å²) in [5.74, 6) is -4.25. The van der Waals surface area contributed by atoms with Crippen LogP contribution in [0.15, 0.2) is 48.5 Å². The molecule has 2 aromatic carbocycles. The van der Waals surface area contributed by atoms with Gasteiger partial charge in [0, 0.05) is 29.6 Å². The van der Waals surface area contributed by atoms with Gasteiger partial charge < -0.3 is 16.2 Å². The highest BCUT2D eigenvalue weighted by atomic mass is 19.1. The standard InChI is InChI=1S/C23H23FN2O4/c24-14-10-8-13(9-11-14)21(28)19(27)12-23(25,22(29)30)20-15-4-1-2-6-17(15)26-18-7-3-5-16(18)20/h1-2,4,6,8-11,16,18,20,26H,3,5,7,12,25H2,(H,29,30)/t16-,18+,20?,23?/m0/s1. The molecule has 30 heavy (non-hydrogen) atoms. The zero-order valence-corrected chi connectivity index (χ0v) is 16.3. The Labute approximate surface area is 173 Å². The number of fused-ring (bicyclic) bond motifs is 2. The van der Waals surface area contributed by atoms with Crippen LogP contribution in [0.3, 0.4) is 0 Å². The van der Waals surface area contributed by atoms with E-state index in [1.54, 1.807) is 0 Å². The second-order valence-electron chi connectivity index (χ2n) is 8.19. The minimum atomic E-state index is -1.93. The summed E-state index contributed by atoms with van der Waals surface area (Å²) in [6.07, 6.45) is 2.00. The molecule has 1 saturated carbocycles. The van der Waals surface area contributed by atoms with E-state index in [9.17, 15) is 23.9 Å². The Balaban J connectivity index is 1.70. The highest BCUT2D eigenvalue weighted by Gasteiger charge is 2.53. The van der Waals surface area contributed by atoms with Crippen LogP contribution in [-0.2, 0) is 9.59 Å². The van der Waals surface area contributed by atoms with E-state index in [-0.39, 0.29) is 17.5 Å². The maximum atomic E-state index is 13.1. The van der Waals surface area contributed by atoms with Crippen molar-refractivity contribution in [2.45, 2.75) is 43.2 Å². The van der Waals surface area contributed by atoms with Gasteiger partial charge in [0.05, 0.1) is 0 Å². The van der Waals surface area contributed by atoms with Crippen molar-refractivity contribution in [1.29, 1.82) is 0 Å². The summed E-state index contributed by atoms with van der Waals surface area (Å²) < 4.78 is 13.1. The van der Waals surface area contributed by atoms with Crippen LogP contribution in [0.5, 0.6) is 0 Å². The summed E-state index contributed by atoms with van der Waals surface area (Å²) >= 11 is 0. The maximum Gasteiger partial charge on any atom is 0.324 e. The van der Waals surface area contributed by atoms with E-state index in [0.29, 0.717) is 0 Å². The van der Waals surface area contributed by atoms with Crippen molar-refractivity contribution >= 4 is 23.2 Å². The molecule has 0 amide bonds. The molecule has 7 heteroatoms. The van der Waals surface area contributed by atoms with E-state index in [4.69, 9.17) is 5.73 Å². The Bertz CT molecular complexity index is 1010. The van der Waals surface area contributed by atoms with Gasteiger partial charge in [-0.1, -0.05) is 24.6 Å². The second-order valence-corrected chi connectivity index (χ2v) is 8.19. The molecule has 2 unspecified atom stereocenters. The van der Waals surface area contributed by atoms with Crippen LogP contribution in [0.2, 0.25) is 0 Å². The van der Waals surface area contributed by atoms with E-state index in [0.717, 1.165) is 42.6 Å². The SMILES string of the molecule is NC(CC(=O)C(=O)c1ccc(F)cc1)(C(=O)O)C1c2ccccc2N[C@@H]2CCC[C@H]12. The zero-order chi connectivity index (χ0) is 21.5. The molecule has 1 heterocycles. The van der Waals surface area contributed by atoms with Gasteiger partial charge >= 0.3 is 5.97 Å². The van der Waals surface area contributed by atoms with Gasteiger partial charge in [-0.2, -0.15) is 0 Å². The molecule has 1 fully saturated rings. The Morgan fingerprint density at radius 3 is 2.50 bits per heavy atom. The minimum Gasteiger partial charge on any atom is -0.480 e. The molecule has 0 spiro atoms. The van der Waals surface area contributed by atoms with Crippen LogP contribution in [-0.4, -0.2) is 34.2 Å². The maximum absolute atomic E-state index is 13.1. The number of hydrogen-bond acceptors (Lipinski definition) is 5. The van der Waals surface area contributed by atoms with E-state index < -0.39 is 41.2 Å². The molecule has 4 rings (SSSR count). The van der Waals surface area contributed by atoms with E-state index in [1.165, 1.54) is 12.1 Å². The topological polar surface area (TPSA) is 109 Å². The first kappa shape index (κ1) is 20.2. The molecule has 0 aromatic heterocycles. The molecule has 2 aliphatic rings. The number of hydrogen-bond donors (Lipinski definition) is 3. The van der Waals surface area contributed by atoms with Crippen molar-refractivity contribution in [3.8, 4) is 0 Å². The normalized spacial score (nSPS) is 24.1. The van der Waals surface area contributed by atoms with Gasteiger partial charge in [-0.05, 0) is 54.7 Å². The molecule has 6 nitrogen and oxygen atoms in total. The first-order valence-corrected chi connectivity index (χ1v) is 10.0. The molecular weight excluding hydrogens is 387 g/mol. The first-order valence-electron chi connectivity index (χ1n) is 10.0. The van der Waals surface area contributed by atoms with Gasteiger partial charge in [0.25, 0.3) is 0 Å². The van der Waals surface area contributed by atoms with Gasteiger partial charge in [0.15, 0.2) is 0 Å². The van der Waals surface area contributed by atoms with Gasteiger partial charge in [-0.3, -0.25) is 14.4 Å². The number of carboxylic acid groups (broad SMARTS) is 1. The Morgan fingerprint density at radius 1 is 1.10 bits per heavy atom. The average Bonchev–Trinajstić information content (AvgIpc) is 3.19. The quantitative estimate of drug-likeness (QED) is 0.499. The fourth-order valence-corrected chi connectivity index (χ4v) is 4.98. The van der Waals surface area contributed by atoms with Crippen molar-refractivity contribution in [1.82, 2.24) is 0 Å². The summed E-state index contributed by atoms with van der Waals surface area (Å²) in [6.45, 7) is 0. The third-order valence-electron chi connectivity index (χ3n) is 6.40. The Morgan fingerprint density at radius 2 is 1.80 bits per heavy atom. The number of carboxylic acids is 1. The number of ketones is 2. The van der Waals surface area contributed by atoms with Gasteiger partial charge in [0.2, 0.25) is 11.6 Å². The summed E-state index contributed by atoms with van der Waals surface area (Å²) in [5.41, 5.74) is 6.12. The van der Waals surface area contributed by atoms with Crippen molar-refractivity contribution in [2.24, 2.45) is 11.7 Å². The highest BCUT2D eigenvalue weighted by Crippen LogP contribution is 2.50. The number of halogens is 1. The van der Waals surface area contributed by atoms with Crippen molar-refractivity contribution < 1.29 is 23.9 Å². The zero-order valence-electron chi connectivity index (χ0n) is 16.3. The molecule has 0 radical (unpaired) electrons. The lowest BCUT2D eigenvalue weighted by Crippen LogP contribution is -2.59. The third-order valence-corrected chi connectivity index (χ3v) is 6.40. The van der Waals surface area contributed by atoms with E-state index in [1.807, 2.05) is 24.3 Å². The summed E-state index contributed by atoms with van der Waals surface area (Å²) in [7, 11) is 0. The van der Waals surface area contributed by atoms with Crippen LogP contribution >= 0.6 is 0 Å². The number of carbonyl (C=O) groups is 3. The van der Waals surface area contributed by atoms with Crippen LogP contribution < -0.4 is 11.1 Å². The fraction of sp³-hybridized carbons (Fsp3) is 0.348. The Hall–Kier alpha value is -3.06. The van der Waals surface area contributed by atoms with Gasteiger partial charge in [-0.25, -0.2) is 4.39 Å². The lowest BCUT2D eigenvalue weighted by molar-refractivity contribution is -0.146. The van der Waals surface area contributed by atoms with Gasteiger partial charge in [-0.15, -0.1) is 0 Å². The molecule has 4 atom stereocenters. The summed E-state index contributed by atoms with van der Waals surface area (Å²) in [5, 5.41) is 13.6. The molecule has 4 N–H and O–H groups in total. The molecule has 156 valence electrons. The monoisotopic (exact) mass is 410 g/mol. The number of para-hydroxylation sites is 1. The second kappa shape index (κ2) is 7.65. The van der Waals surface area contributed by atoms with Crippen LogP contribution in [0.25, 0.3) is 0 Å². The Kier molecular flexibility index (Phi) is 5.15. The lowest BCUT2D eigenvalue weighted by atomic mass is 9.66. The number of aliphatic carboxylic acids is 1. The molecular formula is C23H23FN2O4. The van der Waals surface area contributed by atoms with E-state index in [2.05, 4.69) is 5.32 Å². The number of nitrogens with one attached hydrogen (secondary N) is 1. The van der Waals surface area contributed by atoms with Crippen LogP contribution in [0, 0.1) is 11.7 Å². The summed E-state index contributed by atoms with van der Waals surface area (Å²) in [4.78, 5) is 37.8. The summed E-state index contributed by atoms with van der Waals surface area (Å²) in [6, 6.07) is 12.1. The molecule has 2 aromatic rings.